The first-order chi connectivity index (χ1) is 16.9. The van der Waals surface area contributed by atoms with Gasteiger partial charge in [0.05, 0.1) is 0 Å². The lowest BCUT2D eigenvalue weighted by Gasteiger charge is -2.28. The minimum absolute atomic E-state index is 0.0132. The van der Waals surface area contributed by atoms with Gasteiger partial charge in [0.2, 0.25) is 0 Å². The van der Waals surface area contributed by atoms with Crippen LogP contribution in [0.1, 0.15) is 69.4 Å². The van der Waals surface area contributed by atoms with Crippen LogP contribution in [-0.2, 0) is 16.0 Å². The first kappa shape index (κ1) is 23.5. The molecule has 0 spiro atoms. The molecule has 35 heavy (non-hydrogen) atoms. The lowest BCUT2D eigenvalue weighted by atomic mass is 9.77. The number of anilines is 1. The van der Waals surface area contributed by atoms with Crippen molar-refractivity contribution in [3.63, 3.8) is 0 Å². The third kappa shape index (κ3) is 4.82. The molecule has 3 aliphatic rings. The van der Waals surface area contributed by atoms with Gasteiger partial charge >= 0.3 is 5.97 Å². The summed E-state index contributed by atoms with van der Waals surface area (Å²) < 4.78 is 0. The Morgan fingerprint density at radius 3 is 2.46 bits per heavy atom. The Labute approximate surface area is 207 Å². The minimum atomic E-state index is -0.677. The summed E-state index contributed by atoms with van der Waals surface area (Å²) >= 11 is 0. The number of rotatable bonds is 5. The van der Waals surface area contributed by atoms with E-state index in [1.54, 1.807) is 0 Å². The number of carbonyl (C=O) groups excluding carboxylic acids is 1. The fraction of sp³-hybridized carbons (Fsp3) is 0.433. The molecule has 0 saturated heterocycles. The number of benzene rings is 2. The predicted octanol–water partition coefficient (Wildman–Crippen LogP) is 6.38. The summed E-state index contributed by atoms with van der Waals surface area (Å²) in [5.74, 6) is 0.549. The molecule has 0 radical (unpaired) electrons. The third-order valence-electron chi connectivity index (χ3n) is 8.24. The van der Waals surface area contributed by atoms with Crippen molar-refractivity contribution in [1.29, 1.82) is 0 Å². The van der Waals surface area contributed by atoms with E-state index < -0.39 is 5.97 Å². The molecule has 1 aliphatic carbocycles. The fourth-order valence-corrected chi connectivity index (χ4v) is 5.85. The lowest BCUT2D eigenvalue weighted by Crippen LogP contribution is -2.31. The number of aliphatic carboxylic acids is 1. The van der Waals surface area contributed by atoms with E-state index in [1.807, 2.05) is 18.0 Å². The van der Waals surface area contributed by atoms with E-state index in [2.05, 4.69) is 54.4 Å². The van der Waals surface area contributed by atoms with Gasteiger partial charge in [-0.1, -0.05) is 37.3 Å². The third-order valence-corrected chi connectivity index (χ3v) is 8.24. The summed E-state index contributed by atoms with van der Waals surface area (Å²) in [6, 6.07) is 15.3. The van der Waals surface area contributed by atoms with Crippen LogP contribution in [0.2, 0.25) is 0 Å². The molecule has 5 rings (SSSR count). The maximum Gasteiger partial charge on any atom is 0.303 e. The van der Waals surface area contributed by atoms with Crippen LogP contribution in [0.4, 0.5) is 5.69 Å². The summed E-state index contributed by atoms with van der Waals surface area (Å²) in [6.45, 7) is 4.87. The molecule has 5 nitrogen and oxygen atoms in total. The summed E-state index contributed by atoms with van der Waals surface area (Å²) in [7, 11) is 0. The highest BCUT2D eigenvalue weighted by molar-refractivity contribution is 6.08. The summed E-state index contributed by atoms with van der Waals surface area (Å²) in [5, 5.41) is 9.04. The molecule has 2 heterocycles. The average molecular weight is 471 g/mol. The van der Waals surface area contributed by atoms with Gasteiger partial charge in [-0.15, -0.1) is 0 Å². The molecule has 1 unspecified atom stereocenters. The van der Waals surface area contributed by atoms with Crippen molar-refractivity contribution >= 4 is 23.8 Å². The Hall–Kier alpha value is -3.21. The van der Waals surface area contributed by atoms with Crippen LogP contribution in [0.25, 0.3) is 11.1 Å². The maximum absolute atomic E-state index is 13.3. The number of carbonyl (C=O) groups is 2. The number of carboxylic acid groups (broad SMARTS) is 1. The van der Waals surface area contributed by atoms with E-state index in [0.29, 0.717) is 36.4 Å². The molecule has 0 aromatic heterocycles. The first-order valence-corrected chi connectivity index (χ1v) is 12.9. The van der Waals surface area contributed by atoms with E-state index in [1.165, 1.54) is 22.3 Å². The van der Waals surface area contributed by atoms with Gasteiger partial charge < -0.3 is 10.0 Å². The van der Waals surface area contributed by atoms with Crippen molar-refractivity contribution in [2.75, 3.05) is 11.4 Å². The molecule has 2 aromatic rings. The van der Waals surface area contributed by atoms with Crippen LogP contribution >= 0.6 is 0 Å². The van der Waals surface area contributed by atoms with Gasteiger partial charge in [-0.2, -0.15) is 0 Å². The molecule has 1 amide bonds. The maximum atomic E-state index is 13.3. The van der Waals surface area contributed by atoms with Crippen molar-refractivity contribution in [2.24, 2.45) is 16.8 Å². The van der Waals surface area contributed by atoms with Gasteiger partial charge in [0.15, 0.2) is 0 Å². The van der Waals surface area contributed by atoms with Crippen molar-refractivity contribution in [1.82, 2.24) is 0 Å². The Kier molecular flexibility index (Phi) is 6.59. The Morgan fingerprint density at radius 2 is 1.74 bits per heavy atom. The number of carboxylic acids is 1. The van der Waals surface area contributed by atoms with Gasteiger partial charge in [0, 0.05) is 24.9 Å². The molecular formula is C30H34N2O3. The van der Waals surface area contributed by atoms with Crippen LogP contribution < -0.4 is 4.90 Å². The molecule has 1 saturated carbocycles. The standard InChI is InChI=1S/C30H34N2O3/c1-19-13-15-31-29(20(19)2)30(35)32-16-14-26-18-25(11-12-27(26)32)24-9-7-23(8-10-24)22-5-3-21(4-6-22)17-28(33)34/h7-12,15,18-19,21-22H,3-6,13-14,16-17H2,1-2H3,(H,33,34). The van der Waals surface area contributed by atoms with Gasteiger partial charge in [0.25, 0.3) is 5.91 Å². The second-order valence-electron chi connectivity index (χ2n) is 10.5. The zero-order valence-electron chi connectivity index (χ0n) is 20.7. The van der Waals surface area contributed by atoms with Crippen molar-refractivity contribution in [3.8, 4) is 11.1 Å². The Bertz CT molecular complexity index is 1190. The van der Waals surface area contributed by atoms with Crippen molar-refractivity contribution < 1.29 is 14.7 Å². The van der Waals surface area contributed by atoms with Crippen LogP contribution in [0.15, 0.2) is 58.7 Å². The lowest BCUT2D eigenvalue weighted by molar-refractivity contribution is -0.138. The molecule has 2 aliphatic heterocycles. The zero-order chi connectivity index (χ0) is 24.5. The van der Waals surface area contributed by atoms with Crippen LogP contribution in [0, 0.1) is 11.8 Å². The van der Waals surface area contributed by atoms with E-state index in [9.17, 15) is 9.59 Å². The number of allylic oxidation sites excluding steroid dienone is 1. The highest BCUT2D eigenvalue weighted by Gasteiger charge is 2.30. The Morgan fingerprint density at radius 1 is 1.03 bits per heavy atom. The summed E-state index contributed by atoms with van der Waals surface area (Å²) in [6.07, 6.45) is 8.06. The monoisotopic (exact) mass is 470 g/mol. The smallest absolute Gasteiger partial charge is 0.303 e. The molecule has 5 heteroatoms. The molecule has 0 bridgehead atoms. The van der Waals surface area contributed by atoms with E-state index in [4.69, 9.17) is 5.11 Å². The second kappa shape index (κ2) is 9.80. The molecule has 182 valence electrons. The van der Waals surface area contributed by atoms with Crippen molar-refractivity contribution in [2.45, 2.75) is 64.7 Å². The summed E-state index contributed by atoms with van der Waals surface area (Å²) in [4.78, 5) is 30.6. The fourth-order valence-electron chi connectivity index (χ4n) is 5.85. The van der Waals surface area contributed by atoms with E-state index >= 15 is 0 Å². The number of fused-ring (bicyclic) bond motifs is 1. The van der Waals surface area contributed by atoms with E-state index in [-0.39, 0.29) is 5.91 Å². The van der Waals surface area contributed by atoms with Gasteiger partial charge in [-0.05, 0) is 103 Å². The average Bonchev–Trinajstić information content (AvgIpc) is 3.29. The van der Waals surface area contributed by atoms with Crippen LogP contribution in [0.3, 0.4) is 0 Å². The number of hydrogen-bond acceptors (Lipinski definition) is 3. The molecule has 2 aromatic carbocycles. The van der Waals surface area contributed by atoms with Crippen LogP contribution in [0.5, 0.6) is 0 Å². The quantitative estimate of drug-likeness (QED) is 0.551. The molecule has 1 N–H and O–H groups in total. The number of nitrogens with zero attached hydrogens (tertiary/aromatic N) is 2. The van der Waals surface area contributed by atoms with Gasteiger partial charge in [-0.25, -0.2) is 0 Å². The number of hydrogen-bond donors (Lipinski definition) is 1. The number of aliphatic imine (C=N–C) groups is 1. The minimum Gasteiger partial charge on any atom is -0.481 e. The topological polar surface area (TPSA) is 70.0 Å². The normalized spacial score (nSPS) is 23.9. The zero-order valence-corrected chi connectivity index (χ0v) is 20.7. The Balaban J connectivity index is 1.28. The largest absolute Gasteiger partial charge is 0.481 e. The first-order valence-electron chi connectivity index (χ1n) is 12.9. The number of amides is 1. The molecule has 1 atom stereocenters. The highest BCUT2D eigenvalue weighted by Crippen LogP contribution is 2.39. The predicted molar refractivity (Wildman–Crippen MR) is 140 cm³/mol. The molecule has 1 fully saturated rings. The van der Waals surface area contributed by atoms with Gasteiger partial charge in [-0.3, -0.25) is 14.6 Å². The van der Waals surface area contributed by atoms with E-state index in [0.717, 1.165) is 49.8 Å². The van der Waals surface area contributed by atoms with Crippen molar-refractivity contribution in [3.05, 3.63) is 64.9 Å². The SMILES string of the molecule is CC1=C(C(=O)N2CCc3cc(-c4ccc(C5CCC(CC(=O)O)CC5)cc4)ccc32)N=CCC1C. The second-order valence-corrected chi connectivity index (χ2v) is 10.5. The van der Waals surface area contributed by atoms with Crippen LogP contribution in [-0.4, -0.2) is 29.7 Å². The highest BCUT2D eigenvalue weighted by atomic mass is 16.4. The van der Waals surface area contributed by atoms with Gasteiger partial charge in [0.1, 0.15) is 5.70 Å². The summed E-state index contributed by atoms with van der Waals surface area (Å²) in [5.41, 5.74) is 7.61. The molecular weight excluding hydrogens is 436 g/mol.